The lowest BCUT2D eigenvalue weighted by Crippen LogP contribution is -2.32. The van der Waals surface area contributed by atoms with E-state index in [1.165, 1.54) is 0 Å². The molecule has 2 rings (SSSR count). The standard InChI is InChI=1S/C9H14N4O3/c1-15-6-7-10-8(16-12-7)11-9(14)13-4-2-3-5-13/h2-6H2,1H3,(H,10,11,12,14). The third-order valence-electron chi connectivity index (χ3n) is 2.35. The van der Waals surface area contributed by atoms with Gasteiger partial charge in [-0.3, -0.25) is 5.32 Å². The fraction of sp³-hybridized carbons (Fsp3) is 0.667. The maximum atomic E-state index is 11.6. The summed E-state index contributed by atoms with van der Waals surface area (Å²) in [6.45, 7) is 1.83. The number of rotatable bonds is 3. The van der Waals surface area contributed by atoms with Crippen molar-refractivity contribution in [1.29, 1.82) is 0 Å². The summed E-state index contributed by atoms with van der Waals surface area (Å²) in [4.78, 5) is 17.3. The van der Waals surface area contributed by atoms with Crippen LogP contribution in [0.3, 0.4) is 0 Å². The fourth-order valence-electron chi connectivity index (χ4n) is 1.58. The van der Waals surface area contributed by atoms with Crippen molar-refractivity contribution in [2.45, 2.75) is 19.4 Å². The second kappa shape index (κ2) is 4.93. The van der Waals surface area contributed by atoms with Crippen LogP contribution in [0.1, 0.15) is 18.7 Å². The largest absolute Gasteiger partial charge is 0.377 e. The second-order valence-corrected chi connectivity index (χ2v) is 3.57. The molecule has 7 nitrogen and oxygen atoms in total. The van der Waals surface area contributed by atoms with Crippen molar-refractivity contribution in [1.82, 2.24) is 15.0 Å². The van der Waals surface area contributed by atoms with Gasteiger partial charge in [0.25, 0.3) is 0 Å². The zero-order valence-electron chi connectivity index (χ0n) is 9.10. The lowest BCUT2D eigenvalue weighted by atomic mass is 10.4. The van der Waals surface area contributed by atoms with Crippen molar-refractivity contribution >= 4 is 12.0 Å². The molecule has 0 atom stereocenters. The Morgan fingerprint density at radius 3 is 3.00 bits per heavy atom. The topological polar surface area (TPSA) is 80.5 Å². The molecule has 0 unspecified atom stereocenters. The van der Waals surface area contributed by atoms with E-state index in [1.54, 1.807) is 12.0 Å². The zero-order chi connectivity index (χ0) is 11.4. The summed E-state index contributed by atoms with van der Waals surface area (Å²) in [7, 11) is 1.54. The number of carbonyl (C=O) groups is 1. The molecule has 16 heavy (non-hydrogen) atoms. The van der Waals surface area contributed by atoms with Crippen LogP contribution < -0.4 is 5.32 Å². The average molecular weight is 226 g/mol. The summed E-state index contributed by atoms with van der Waals surface area (Å²) < 4.78 is 9.69. The Kier molecular flexibility index (Phi) is 3.35. The molecule has 2 amide bonds. The SMILES string of the molecule is COCc1noc(NC(=O)N2CCCC2)n1. The fourth-order valence-corrected chi connectivity index (χ4v) is 1.58. The van der Waals surface area contributed by atoms with Crippen molar-refractivity contribution in [2.75, 3.05) is 25.5 Å². The highest BCUT2D eigenvalue weighted by atomic mass is 16.5. The molecule has 0 spiro atoms. The summed E-state index contributed by atoms with van der Waals surface area (Å²) in [6.07, 6.45) is 2.10. The van der Waals surface area contributed by atoms with E-state index in [9.17, 15) is 4.79 Å². The molecule has 1 fully saturated rings. The van der Waals surface area contributed by atoms with E-state index in [0.717, 1.165) is 25.9 Å². The van der Waals surface area contributed by atoms with Crippen LogP contribution in [0.15, 0.2) is 4.52 Å². The predicted octanol–water partition coefficient (Wildman–Crippen LogP) is 0.844. The van der Waals surface area contributed by atoms with Gasteiger partial charge in [0.15, 0.2) is 5.82 Å². The van der Waals surface area contributed by atoms with E-state index in [-0.39, 0.29) is 18.7 Å². The highest BCUT2D eigenvalue weighted by Gasteiger charge is 2.19. The van der Waals surface area contributed by atoms with Crippen LogP contribution in [0.25, 0.3) is 0 Å². The maximum Gasteiger partial charge on any atom is 0.329 e. The molecule has 0 aromatic carbocycles. The predicted molar refractivity (Wildman–Crippen MR) is 54.8 cm³/mol. The molecule has 1 aliphatic heterocycles. The van der Waals surface area contributed by atoms with Gasteiger partial charge in [-0.2, -0.15) is 4.98 Å². The van der Waals surface area contributed by atoms with Crippen LogP contribution >= 0.6 is 0 Å². The third-order valence-corrected chi connectivity index (χ3v) is 2.35. The van der Waals surface area contributed by atoms with Gasteiger partial charge >= 0.3 is 12.0 Å². The number of hydrogen-bond donors (Lipinski definition) is 1. The highest BCUT2D eigenvalue weighted by molar-refractivity contribution is 5.87. The molecule has 2 heterocycles. The Balaban J connectivity index is 1.89. The van der Waals surface area contributed by atoms with Crippen LogP contribution in [-0.4, -0.2) is 41.3 Å². The minimum absolute atomic E-state index is 0.115. The first-order chi connectivity index (χ1) is 7.79. The van der Waals surface area contributed by atoms with Crippen LogP contribution in [-0.2, 0) is 11.3 Å². The number of amides is 2. The smallest absolute Gasteiger partial charge is 0.329 e. The minimum Gasteiger partial charge on any atom is -0.377 e. The molecular weight excluding hydrogens is 212 g/mol. The highest BCUT2D eigenvalue weighted by Crippen LogP contribution is 2.10. The van der Waals surface area contributed by atoms with Crippen LogP contribution in [0, 0.1) is 0 Å². The quantitative estimate of drug-likeness (QED) is 0.826. The average Bonchev–Trinajstić information content (AvgIpc) is 2.89. The molecule has 0 aliphatic carbocycles. The summed E-state index contributed by atoms with van der Waals surface area (Å²) in [5.74, 6) is 0.416. The van der Waals surface area contributed by atoms with Crippen molar-refractivity contribution < 1.29 is 14.1 Å². The number of anilines is 1. The first-order valence-electron chi connectivity index (χ1n) is 5.17. The number of nitrogens with one attached hydrogen (secondary N) is 1. The van der Waals surface area contributed by atoms with E-state index >= 15 is 0 Å². The Hall–Kier alpha value is -1.63. The lowest BCUT2D eigenvalue weighted by Gasteiger charge is -2.13. The molecule has 0 saturated carbocycles. The van der Waals surface area contributed by atoms with E-state index in [0.29, 0.717) is 5.82 Å². The van der Waals surface area contributed by atoms with Crippen molar-refractivity contribution in [2.24, 2.45) is 0 Å². The number of ether oxygens (including phenoxy) is 1. The van der Waals surface area contributed by atoms with Gasteiger partial charge in [-0.1, -0.05) is 5.16 Å². The Morgan fingerprint density at radius 1 is 1.56 bits per heavy atom. The number of aromatic nitrogens is 2. The van der Waals surface area contributed by atoms with Crippen molar-refractivity contribution in [3.05, 3.63) is 5.82 Å². The van der Waals surface area contributed by atoms with Gasteiger partial charge in [0.05, 0.1) is 0 Å². The number of methoxy groups -OCH3 is 1. The number of hydrogen-bond acceptors (Lipinski definition) is 5. The summed E-state index contributed by atoms with van der Waals surface area (Å²) in [5.41, 5.74) is 0. The molecule has 1 aromatic heterocycles. The minimum atomic E-state index is -0.190. The number of likely N-dealkylation sites (tertiary alicyclic amines) is 1. The summed E-state index contributed by atoms with van der Waals surface area (Å²) in [6, 6.07) is -0.0749. The monoisotopic (exact) mass is 226 g/mol. The van der Waals surface area contributed by atoms with E-state index in [1.807, 2.05) is 0 Å². The normalized spacial score (nSPS) is 15.4. The van der Waals surface area contributed by atoms with Gasteiger partial charge in [0.2, 0.25) is 0 Å². The zero-order valence-corrected chi connectivity index (χ0v) is 9.10. The van der Waals surface area contributed by atoms with Gasteiger partial charge < -0.3 is 14.2 Å². The molecule has 88 valence electrons. The number of urea groups is 1. The molecule has 1 aromatic rings. The van der Waals surface area contributed by atoms with Crippen LogP contribution in [0.2, 0.25) is 0 Å². The number of carbonyl (C=O) groups excluding carboxylic acids is 1. The van der Waals surface area contributed by atoms with Gasteiger partial charge in [0.1, 0.15) is 6.61 Å². The van der Waals surface area contributed by atoms with Crippen molar-refractivity contribution in [3.63, 3.8) is 0 Å². The molecular formula is C9H14N4O3. The maximum absolute atomic E-state index is 11.6. The van der Waals surface area contributed by atoms with Crippen molar-refractivity contribution in [3.8, 4) is 0 Å². The molecule has 1 N–H and O–H groups in total. The van der Waals surface area contributed by atoms with E-state index in [4.69, 9.17) is 9.26 Å². The third kappa shape index (κ3) is 2.48. The van der Waals surface area contributed by atoms with Crippen LogP contribution in [0.4, 0.5) is 10.8 Å². The first kappa shape index (κ1) is 10.9. The molecule has 0 bridgehead atoms. The molecule has 1 saturated heterocycles. The van der Waals surface area contributed by atoms with Gasteiger partial charge in [0, 0.05) is 20.2 Å². The number of nitrogens with zero attached hydrogens (tertiary/aromatic N) is 3. The van der Waals surface area contributed by atoms with E-state index in [2.05, 4.69) is 15.5 Å². The van der Waals surface area contributed by atoms with Gasteiger partial charge in [-0.05, 0) is 12.8 Å². The van der Waals surface area contributed by atoms with Gasteiger partial charge in [-0.15, -0.1) is 0 Å². The van der Waals surface area contributed by atoms with E-state index < -0.39 is 0 Å². The first-order valence-corrected chi connectivity index (χ1v) is 5.17. The second-order valence-electron chi connectivity index (χ2n) is 3.57. The molecule has 7 heteroatoms. The Bertz CT molecular complexity index is 359. The van der Waals surface area contributed by atoms with Gasteiger partial charge in [-0.25, -0.2) is 4.79 Å². The summed E-state index contributed by atoms with van der Waals surface area (Å²) in [5, 5.41) is 6.20. The Morgan fingerprint density at radius 2 is 2.31 bits per heavy atom. The van der Waals surface area contributed by atoms with Crippen LogP contribution in [0.5, 0.6) is 0 Å². The molecule has 1 aliphatic rings. The summed E-state index contributed by atoms with van der Waals surface area (Å²) >= 11 is 0. The lowest BCUT2D eigenvalue weighted by molar-refractivity contribution is 0.174. The Labute approximate surface area is 92.7 Å². The molecule has 0 radical (unpaired) electrons.